The second-order valence-electron chi connectivity index (χ2n) is 3.83. The summed E-state index contributed by atoms with van der Waals surface area (Å²) < 4.78 is 0. The molecule has 1 aromatic rings. The van der Waals surface area contributed by atoms with Gasteiger partial charge in [-0.05, 0) is 23.8 Å². The summed E-state index contributed by atoms with van der Waals surface area (Å²) >= 11 is 14.3. The Kier molecular flexibility index (Phi) is 4.68. The molecule has 0 atom stereocenters. The van der Waals surface area contributed by atoms with Gasteiger partial charge in [-0.2, -0.15) is 11.8 Å². The summed E-state index contributed by atoms with van der Waals surface area (Å²) in [4.78, 5) is 2.38. The van der Waals surface area contributed by atoms with Gasteiger partial charge in [-0.25, -0.2) is 0 Å². The first kappa shape index (κ1) is 12.4. The molecule has 1 aliphatic rings. The van der Waals surface area contributed by atoms with Crippen LogP contribution in [0.1, 0.15) is 12.0 Å². The normalized spacial score (nSPS) is 17.2. The summed E-state index contributed by atoms with van der Waals surface area (Å²) in [6.07, 6.45) is 1.22. The van der Waals surface area contributed by atoms with E-state index in [-0.39, 0.29) is 0 Å². The highest BCUT2D eigenvalue weighted by Crippen LogP contribution is 2.32. The van der Waals surface area contributed by atoms with Crippen molar-refractivity contribution in [1.29, 1.82) is 0 Å². The van der Waals surface area contributed by atoms with Crippen molar-refractivity contribution in [3.8, 4) is 0 Å². The molecular formula is C12H15Cl2NS. The first-order valence-corrected chi connectivity index (χ1v) is 7.55. The number of hydrogen-bond donors (Lipinski definition) is 0. The predicted molar refractivity (Wildman–Crippen MR) is 75.2 cm³/mol. The van der Waals surface area contributed by atoms with Crippen LogP contribution in [0.25, 0.3) is 0 Å². The largest absolute Gasteiger partial charge is 0.369 e. The molecule has 4 heteroatoms. The highest BCUT2D eigenvalue weighted by molar-refractivity contribution is 7.99. The van der Waals surface area contributed by atoms with Crippen LogP contribution >= 0.6 is 35.0 Å². The Labute approximate surface area is 111 Å². The molecule has 2 rings (SSSR count). The number of para-hydroxylation sites is 1. The summed E-state index contributed by atoms with van der Waals surface area (Å²) in [5, 5.41) is 0.824. The van der Waals surface area contributed by atoms with Crippen LogP contribution in [0.4, 0.5) is 5.69 Å². The third kappa shape index (κ3) is 2.79. The molecule has 1 fully saturated rings. The fourth-order valence-corrected chi connectivity index (χ4v) is 3.41. The second-order valence-corrected chi connectivity index (χ2v) is 5.73. The van der Waals surface area contributed by atoms with E-state index >= 15 is 0 Å². The fraction of sp³-hybridized carbons (Fsp3) is 0.500. The average molecular weight is 276 g/mol. The second kappa shape index (κ2) is 6.04. The van der Waals surface area contributed by atoms with E-state index in [9.17, 15) is 0 Å². The molecule has 1 aliphatic heterocycles. The molecule has 0 N–H and O–H groups in total. The Morgan fingerprint density at radius 3 is 2.94 bits per heavy atom. The molecule has 1 aromatic carbocycles. The lowest BCUT2D eigenvalue weighted by molar-refractivity contribution is 0.812. The lowest BCUT2D eigenvalue weighted by Crippen LogP contribution is -2.26. The molecule has 0 amide bonds. The molecule has 1 nitrogen and oxygen atoms in total. The number of halogens is 2. The van der Waals surface area contributed by atoms with Gasteiger partial charge in [-0.3, -0.25) is 0 Å². The molecule has 0 aromatic heterocycles. The third-order valence-corrected chi connectivity index (χ3v) is 4.39. The summed E-state index contributed by atoms with van der Waals surface area (Å²) in [5.74, 6) is 2.95. The Morgan fingerprint density at radius 1 is 1.25 bits per heavy atom. The number of rotatable bonds is 2. The van der Waals surface area contributed by atoms with Crippen LogP contribution in [0.2, 0.25) is 5.02 Å². The molecule has 0 unspecified atom stereocenters. The number of nitrogens with zero attached hydrogens (tertiary/aromatic N) is 1. The van der Waals surface area contributed by atoms with E-state index in [0.29, 0.717) is 5.88 Å². The van der Waals surface area contributed by atoms with Crippen molar-refractivity contribution in [3.63, 3.8) is 0 Å². The Hall–Kier alpha value is -0.0500. The average Bonchev–Trinajstić information content (AvgIpc) is 2.57. The molecule has 1 heterocycles. The van der Waals surface area contributed by atoms with Crippen molar-refractivity contribution in [1.82, 2.24) is 0 Å². The first-order valence-electron chi connectivity index (χ1n) is 5.49. The monoisotopic (exact) mass is 275 g/mol. The standard InChI is InChI=1S/C12H15Cl2NS/c13-9-10-3-1-4-11(14)12(10)15-5-2-7-16-8-6-15/h1,3-4H,2,5-9H2. The molecular weight excluding hydrogens is 261 g/mol. The van der Waals surface area contributed by atoms with Crippen LogP contribution in [0.15, 0.2) is 18.2 Å². The van der Waals surface area contributed by atoms with Gasteiger partial charge in [0.1, 0.15) is 0 Å². The third-order valence-electron chi connectivity index (χ3n) is 2.75. The van der Waals surface area contributed by atoms with Crippen molar-refractivity contribution in [3.05, 3.63) is 28.8 Å². The highest BCUT2D eigenvalue weighted by atomic mass is 35.5. The lowest BCUT2D eigenvalue weighted by atomic mass is 10.1. The van der Waals surface area contributed by atoms with E-state index in [4.69, 9.17) is 23.2 Å². The fourth-order valence-electron chi connectivity index (χ4n) is 1.99. The number of alkyl halides is 1. The van der Waals surface area contributed by atoms with Crippen LogP contribution < -0.4 is 4.90 Å². The van der Waals surface area contributed by atoms with E-state index in [0.717, 1.165) is 29.4 Å². The molecule has 1 saturated heterocycles. The van der Waals surface area contributed by atoms with Crippen LogP contribution in [0.5, 0.6) is 0 Å². The van der Waals surface area contributed by atoms with Crippen molar-refractivity contribution < 1.29 is 0 Å². The van der Waals surface area contributed by atoms with E-state index in [2.05, 4.69) is 11.0 Å². The number of hydrogen-bond acceptors (Lipinski definition) is 2. The molecule has 0 aliphatic carbocycles. The van der Waals surface area contributed by atoms with Crippen molar-refractivity contribution in [2.45, 2.75) is 12.3 Å². The molecule has 88 valence electrons. The van der Waals surface area contributed by atoms with Gasteiger partial charge in [0, 0.05) is 24.7 Å². The van der Waals surface area contributed by atoms with Crippen molar-refractivity contribution >= 4 is 40.7 Å². The Bertz CT molecular complexity index is 349. The quantitative estimate of drug-likeness (QED) is 0.750. The SMILES string of the molecule is ClCc1cccc(Cl)c1N1CCCSCC1. The minimum atomic E-state index is 0.527. The predicted octanol–water partition coefficient (Wildman–Crippen LogP) is 4.02. The molecule has 16 heavy (non-hydrogen) atoms. The summed E-state index contributed by atoms with van der Waals surface area (Å²) in [6.45, 7) is 2.15. The number of anilines is 1. The van der Waals surface area contributed by atoms with Gasteiger partial charge in [-0.15, -0.1) is 11.6 Å². The van der Waals surface area contributed by atoms with Gasteiger partial charge in [0.25, 0.3) is 0 Å². The van der Waals surface area contributed by atoms with Crippen LogP contribution in [-0.2, 0) is 5.88 Å². The lowest BCUT2D eigenvalue weighted by Gasteiger charge is -2.25. The van der Waals surface area contributed by atoms with Gasteiger partial charge in [-0.1, -0.05) is 23.7 Å². The molecule has 0 radical (unpaired) electrons. The summed E-state index contributed by atoms with van der Waals surface area (Å²) in [7, 11) is 0. The van der Waals surface area contributed by atoms with Gasteiger partial charge >= 0.3 is 0 Å². The summed E-state index contributed by atoms with van der Waals surface area (Å²) in [5.41, 5.74) is 2.28. The zero-order chi connectivity index (χ0) is 11.4. The molecule has 0 saturated carbocycles. The van der Waals surface area contributed by atoms with Gasteiger partial charge in [0.15, 0.2) is 0 Å². The summed E-state index contributed by atoms with van der Waals surface area (Å²) in [6, 6.07) is 5.98. The molecule has 0 spiro atoms. The zero-order valence-electron chi connectivity index (χ0n) is 9.09. The van der Waals surface area contributed by atoms with E-state index in [1.165, 1.54) is 17.9 Å². The van der Waals surface area contributed by atoms with E-state index in [1.54, 1.807) is 0 Å². The van der Waals surface area contributed by atoms with Gasteiger partial charge in [0.2, 0.25) is 0 Å². The van der Waals surface area contributed by atoms with E-state index < -0.39 is 0 Å². The minimum absolute atomic E-state index is 0.527. The minimum Gasteiger partial charge on any atom is -0.369 e. The number of benzene rings is 1. The zero-order valence-corrected chi connectivity index (χ0v) is 11.4. The van der Waals surface area contributed by atoms with Crippen molar-refractivity contribution in [2.75, 3.05) is 29.5 Å². The van der Waals surface area contributed by atoms with Gasteiger partial charge < -0.3 is 4.90 Å². The maximum Gasteiger partial charge on any atom is 0.0642 e. The Morgan fingerprint density at radius 2 is 2.12 bits per heavy atom. The topological polar surface area (TPSA) is 3.24 Å². The van der Waals surface area contributed by atoms with Crippen LogP contribution in [0.3, 0.4) is 0 Å². The number of thioether (sulfide) groups is 1. The maximum absolute atomic E-state index is 6.29. The van der Waals surface area contributed by atoms with Crippen molar-refractivity contribution in [2.24, 2.45) is 0 Å². The Balaban J connectivity index is 2.29. The highest BCUT2D eigenvalue weighted by Gasteiger charge is 2.16. The maximum atomic E-state index is 6.29. The molecule has 0 bridgehead atoms. The smallest absolute Gasteiger partial charge is 0.0642 e. The van der Waals surface area contributed by atoms with Crippen LogP contribution in [0, 0.1) is 0 Å². The van der Waals surface area contributed by atoms with Gasteiger partial charge in [0.05, 0.1) is 10.7 Å². The van der Waals surface area contributed by atoms with Crippen LogP contribution in [-0.4, -0.2) is 24.6 Å². The van der Waals surface area contributed by atoms with E-state index in [1.807, 2.05) is 23.9 Å². The first-order chi connectivity index (χ1) is 7.83.